The molecule has 0 aliphatic carbocycles. The van der Waals surface area contributed by atoms with Crippen molar-refractivity contribution in [1.82, 2.24) is 15.5 Å². The summed E-state index contributed by atoms with van der Waals surface area (Å²) in [6, 6.07) is 17.2. The van der Waals surface area contributed by atoms with E-state index in [0.29, 0.717) is 30.3 Å². The average Bonchev–Trinajstić information content (AvgIpc) is 3.09. The van der Waals surface area contributed by atoms with Crippen LogP contribution in [0.3, 0.4) is 0 Å². The molecule has 6 nitrogen and oxygen atoms in total. The number of benzene rings is 2. The van der Waals surface area contributed by atoms with Crippen molar-refractivity contribution >= 4 is 5.91 Å². The molecule has 1 heterocycles. The fraction of sp³-hybridized carbons (Fsp3) is 0.211. The van der Waals surface area contributed by atoms with Gasteiger partial charge in [-0.25, -0.2) is 0 Å². The fourth-order valence-corrected chi connectivity index (χ4v) is 2.39. The Kier molecular flexibility index (Phi) is 5.53. The van der Waals surface area contributed by atoms with Gasteiger partial charge < -0.3 is 14.6 Å². The van der Waals surface area contributed by atoms with E-state index in [2.05, 4.69) is 15.5 Å². The summed E-state index contributed by atoms with van der Waals surface area (Å²) < 4.78 is 10.2. The van der Waals surface area contributed by atoms with E-state index in [0.717, 1.165) is 11.1 Å². The summed E-state index contributed by atoms with van der Waals surface area (Å²) >= 11 is 0. The van der Waals surface area contributed by atoms with Crippen LogP contribution >= 0.6 is 0 Å². The van der Waals surface area contributed by atoms with E-state index in [1.54, 1.807) is 19.2 Å². The molecule has 25 heavy (non-hydrogen) atoms. The van der Waals surface area contributed by atoms with Crippen molar-refractivity contribution in [1.29, 1.82) is 0 Å². The summed E-state index contributed by atoms with van der Waals surface area (Å²) in [4.78, 5) is 16.5. The molecule has 128 valence electrons. The van der Waals surface area contributed by atoms with Crippen LogP contribution in [-0.4, -0.2) is 23.2 Å². The third-order valence-electron chi connectivity index (χ3n) is 3.64. The highest BCUT2D eigenvalue weighted by atomic mass is 16.5. The van der Waals surface area contributed by atoms with Crippen LogP contribution < -0.4 is 5.32 Å². The van der Waals surface area contributed by atoms with E-state index < -0.39 is 0 Å². The number of rotatable bonds is 7. The molecule has 0 saturated carbocycles. The Balaban J connectivity index is 1.54. The molecular weight excluding hydrogens is 318 g/mol. The number of carbonyl (C=O) groups is 1. The van der Waals surface area contributed by atoms with E-state index in [4.69, 9.17) is 9.26 Å². The molecule has 3 aromatic rings. The monoisotopic (exact) mass is 337 g/mol. The van der Waals surface area contributed by atoms with Crippen LogP contribution in [0, 0.1) is 0 Å². The molecule has 0 radical (unpaired) electrons. The van der Waals surface area contributed by atoms with Gasteiger partial charge in [0.15, 0.2) is 5.82 Å². The van der Waals surface area contributed by atoms with E-state index >= 15 is 0 Å². The van der Waals surface area contributed by atoms with Crippen molar-refractivity contribution in [3.05, 3.63) is 83.0 Å². The van der Waals surface area contributed by atoms with Crippen LogP contribution in [0.2, 0.25) is 0 Å². The van der Waals surface area contributed by atoms with Crippen LogP contribution in [0.5, 0.6) is 0 Å². The molecule has 6 heteroatoms. The second-order valence-electron chi connectivity index (χ2n) is 5.58. The van der Waals surface area contributed by atoms with Crippen molar-refractivity contribution in [2.75, 3.05) is 7.11 Å². The molecule has 1 N–H and O–H groups in total. The van der Waals surface area contributed by atoms with E-state index in [1.807, 2.05) is 42.5 Å². The summed E-state index contributed by atoms with van der Waals surface area (Å²) in [7, 11) is 1.64. The van der Waals surface area contributed by atoms with Gasteiger partial charge in [-0.15, -0.1) is 0 Å². The maximum atomic E-state index is 12.2. The number of ether oxygens (including phenoxy) is 1. The van der Waals surface area contributed by atoms with Crippen molar-refractivity contribution in [3.8, 4) is 0 Å². The van der Waals surface area contributed by atoms with Crippen molar-refractivity contribution < 1.29 is 14.1 Å². The summed E-state index contributed by atoms with van der Waals surface area (Å²) in [5.41, 5.74) is 2.69. The predicted molar refractivity (Wildman–Crippen MR) is 91.9 cm³/mol. The van der Waals surface area contributed by atoms with Crippen LogP contribution in [-0.2, 0) is 24.3 Å². The Labute approximate surface area is 145 Å². The van der Waals surface area contributed by atoms with Crippen LogP contribution in [0.25, 0.3) is 0 Å². The number of methoxy groups -OCH3 is 1. The molecular formula is C19H19N3O3. The fourth-order valence-electron chi connectivity index (χ4n) is 2.39. The number of hydrogen-bond acceptors (Lipinski definition) is 5. The van der Waals surface area contributed by atoms with Gasteiger partial charge in [0, 0.05) is 19.1 Å². The molecule has 0 aliphatic rings. The second kappa shape index (κ2) is 8.21. The Hall–Kier alpha value is -2.99. The first-order valence-corrected chi connectivity index (χ1v) is 7.96. The summed E-state index contributed by atoms with van der Waals surface area (Å²) in [6.07, 6.45) is 0.596. The quantitative estimate of drug-likeness (QED) is 0.717. The molecule has 3 rings (SSSR count). The molecule has 0 aliphatic heterocycles. The highest BCUT2D eigenvalue weighted by Gasteiger charge is 2.10. The van der Waals surface area contributed by atoms with E-state index in [1.165, 1.54) is 0 Å². The lowest BCUT2D eigenvalue weighted by Gasteiger charge is -2.04. The number of nitrogens with zero attached hydrogens (tertiary/aromatic N) is 2. The van der Waals surface area contributed by atoms with Gasteiger partial charge >= 0.3 is 0 Å². The standard InChI is InChI=1S/C19H19N3O3/c1-24-13-15-7-9-16(10-8-15)19(23)20-12-18-21-17(22-25-18)11-14-5-3-2-4-6-14/h2-10H,11-13H2,1H3,(H,20,23). The zero-order valence-electron chi connectivity index (χ0n) is 13.9. The summed E-state index contributed by atoms with van der Waals surface area (Å²) in [5.74, 6) is 0.793. The number of amides is 1. The number of nitrogens with one attached hydrogen (secondary N) is 1. The average molecular weight is 337 g/mol. The van der Waals surface area contributed by atoms with Gasteiger partial charge in [0.1, 0.15) is 0 Å². The highest BCUT2D eigenvalue weighted by molar-refractivity contribution is 5.94. The van der Waals surface area contributed by atoms with Gasteiger partial charge in [0.2, 0.25) is 5.89 Å². The SMILES string of the molecule is COCc1ccc(C(=O)NCc2nc(Cc3ccccc3)no2)cc1. The molecule has 2 aromatic carbocycles. The lowest BCUT2D eigenvalue weighted by atomic mass is 10.1. The normalized spacial score (nSPS) is 10.6. The van der Waals surface area contributed by atoms with Gasteiger partial charge in [-0.05, 0) is 23.3 Å². The van der Waals surface area contributed by atoms with Gasteiger partial charge in [-0.2, -0.15) is 4.98 Å². The van der Waals surface area contributed by atoms with Crippen LogP contribution in [0.1, 0.15) is 33.2 Å². The smallest absolute Gasteiger partial charge is 0.251 e. The Morgan fingerprint density at radius 2 is 1.84 bits per heavy atom. The minimum atomic E-state index is -0.188. The molecule has 0 atom stereocenters. The number of hydrogen-bond donors (Lipinski definition) is 1. The molecule has 0 fully saturated rings. The maximum absolute atomic E-state index is 12.2. The molecule has 0 unspecified atom stereocenters. The third kappa shape index (κ3) is 4.74. The van der Waals surface area contributed by atoms with Crippen molar-refractivity contribution in [2.45, 2.75) is 19.6 Å². The number of aromatic nitrogens is 2. The lowest BCUT2D eigenvalue weighted by molar-refractivity contribution is 0.0946. The number of carbonyl (C=O) groups excluding carboxylic acids is 1. The van der Waals surface area contributed by atoms with Crippen molar-refractivity contribution in [2.24, 2.45) is 0 Å². The lowest BCUT2D eigenvalue weighted by Crippen LogP contribution is -2.22. The molecule has 0 bridgehead atoms. The maximum Gasteiger partial charge on any atom is 0.251 e. The molecule has 0 saturated heterocycles. The Bertz CT molecular complexity index is 813. The zero-order valence-corrected chi connectivity index (χ0v) is 13.9. The van der Waals surface area contributed by atoms with E-state index in [9.17, 15) is 4.79 Å². The summed E-state index contributed by atoms with van der Waals surface area (Å²) in [5, 5.41) is 6.72. The molecule has 0 spiro atoms. The van der Waals surface area contributed by atoms with E-state index in [-0.39, 0.29) is 12.5 Å². The van der Waals surface area contributed by atoms with Crippen LogP contribution in [0.15, 0.2) is 59.1 Å². The Morgan fingerprint density at radius 1 is 1.08 bits per heavy atom. The van der Waals surface area contributed by atoms with Gasteiger partial charge in [-0.1, -0.05) is 47.6 Å². The minimum absolute atomic E-state index is 0.188. The minimum Gasteiger partial charge on any atom is -0.380 e. The first kappa shape index (κ1) is 16.9. The van der Waals surface area contributed by atoms with Gasteiger partial charge in [0.05, 0.1) is 13.2 Å². The largest absolute Gasteiger partial charge is 0.380 e. The topological polar surface area (TPSA) is 77.2 Å². The third-order valence-corrected chi connectivity index (χ3v) is 3.64. The predicted octanol–water partition coefficient (Wildman–Crippen LogP) is 2.74. The molecule has 1 aromatic heterocycles. The molecule has 1 amide bonds. The second-order valence-corrected chi connectivity index (χ2v) is 5.58. The van der Waals surface area contributed by atoms with Crippen LogP contribution in [0.4, 0.5) is 0 Å². The van der Waals surface area contributed by atoms with Gasteiger partial charge in [0.25, 0.3) is 5.91 Å². The first-order chi connectivity index (χ1) is 12.2. The summed E-state index contributed by atoms with van der Waals surface area (Å²) in [6.45, 7) is 0.717. The van der Waals surface area contributed by atoms with Gasteiger partial charge in [-0.3, -0.25) is 4.79 Å². The van der Waals surface area contributed by atoms with Crippen molar-refractivity contribution in [3.63, 3.8) is 0 Å². The zero-order chi connectivity index (χ0) is 17.5. The first-order valence-electron chi connectivity index (χ1n) is 7.96. The highest BCUT2D eigenvalue weighted by Crippen LogP contribution is 2.08. The Morgan fingerprint density at radius 3 is 2.56 bits per heavy atom.